The van der Waals surface area contributed by atoms with E-state index < -0.39 is 17.7 Å². The van der Waals surface area contributed by atoms with Crippen molar-refractivity contribution in [3.63, 3.8) is 0 Å². The quantitative estimate of drug-likeness (QED) is 0.766. The second kappa shape index (κ2) is 8.36. The fourth-order valence-corrected chi connectivity index (χ4v) is 2.76. The second-order valence-electron chi connectivity index (χ2n) is 6.11. The molecular weight excluding hydrogens is 343 g/mol. The molecule has 0 heterocycles. The number of ether oxygens (including phenoxy) is 1. The molecule has 0 atom stereocenters. The third kappa shape index (κ3) is 5.08. The maximum atomic E-state index is 13.3. The van der Waals surface area contributed by atoms with E-state index in [0.29, 0.717) is 17.7 Å². The molecule has 0 fully saturated rings. The highest BCUT2D eigenvalue weighted by molar-refractivity contribution is 5.75. The molecule has 0 aliphatic carbocycles. The van der Waals surface area contributed by atoms with Crippen molar-refractivity contribution in [3.05, 3.63) is 58.7 Å². The Kier molecular flexibility index (Phi) is 6.42. The molecule has 0 bridgehead atoms. The topological polar surface area (TPSA) is 38.3 Å². The smallest absolute Gasteiger partial charge is 0.416 e. The molecular formula is C20H22F3NO2. The minimum absolute atomic E-state index is 0.207. The third-order valence-electron chi connectivity index (χ3n) is 4.03. The van der Waals surface area contributed by atoms with Crippen molar-refractivity contribution in [1.29, 1.82) is 0 Å². The van der Waals surface area contributed by atoms with Gasteiger partial charge in [0.1, 0.15) is 0 Å². The van der Waals surface area contributed by atoms with Gasteiger partial charge >= 0.3 is 12.1 Å². The normalized spacial score (nSPS) is 11.5. The van der Waals surface area contributed by atoms with Crippen molar-refractivity contribution in [2.24, 2.45) is 0 Å². The molecule has 0 spiro atoms. The molecule has 3 nitrogen and oxygen atoms in total. The monoisotopic (exact) mass is 365 g/mol. The van der Waals surface area contributed by atoms with Crippen LogP contribution < -0.4 is 5.32 Å². The van der Waals surface area contributed by atoms with E-state index in [2.05, 4.69) is 10.1 Å². The standard InChI is InChI=1S/C20H22F3NO2/c1-4-24-12-16-7-13(2)5-6-18(16)15-8-14(10-19(25)26-3)9-17(11-15)20(21,22)23/h5-9,11,24H,4,10,12H2,1-3H3. The lowest BCUT2D eigenvalue weighted by Crippen LogP contribution is -2.13. The molecule has 6 heteroatoms. The summed E-state index contributed by atoms with van der Waals surface area (Å²) >= 11 is 0. The molecule has 1 N–H and O–H groups in total. The van der Waals surface area contributed by atoms with Crippen LogP contribution >= 0.6 is 0 Å². The van der Waals surface area contributed by atoms with Crippen LogP contribution in [0.2, 0.25) is 0 Å². The van der Waals surface area contributed by atoms with Gasteiger partial charge in [0.15, 0.2) is 0 Å². The summed E-state index contributed by atoms with van der Waals surface area (Å²) < 4.78 is 44.6. The number of aryl methyl sites for hydroxylation is 1. The number of methoxy groups -OCH3 is 1. The van der Waals surface area contributed by atoms with Gasteiger partial charge < -0.3 is 10.1 Å². The van der Waals surface area contributed by atoms with Crippen LogP contribution in [0.3, 0.4) is 0 Å². The first-order chi connectivity index (χ1) is 12.2. The molecule has 0 aliphatic heterocycles. The maximum absolute atomic E-state index is 13.3. The van der Waals surface area contributed by atoms with E-state index in [9.17, 15) is 18.0 Å². The Morgan fingerprint density at radius 3 is 2.50 bits per heavy atom. The summed E-state index contributed by atoms with van der Waals surface area (Å²) in [4.78, 5) is 11.5. The van der Waals surface area contributed by atoms with Gasteiger partial charge in [0.05, 0.1) is 19.1 Å². The van der Waals surface area contributed by atoms with Gasteiger partial charge in [-0.2, -0.15) is 13.2 Å². The van der Waals surface area contributed by atoms with Gasteiger partial charge in [0, 0.05) is 6.54 Å². The van der Waals surface area contributed by atoms with Crippen LogP contribution in [0.4, 0.5) is 13.2 Å². The van der Waals surface area contributed by atoms with Crippen LogP contribution in [0.5, 0.6) is 0 Å². The molecule has 0 unspecified atom stereocenters. The highest BCUT2D eigenvalue weighted by Crippen LogP contribution is 2.35. The van der Waals surface area contributed by atoms with Crippen molar-refractivity contribution >= 4 is 5.97 Å². The van der Waals surface area contributed by atoms with E-state index in [-0.39, 0.29) is 12.0 Å². The van der Waals surface area contributed by atoms with E-state index in [1.54, 1.807) is 6.07 Å². The van der Waals surface area contributed by atoms with Crippen LogP contribution in [0.25, 0.3) is 11.1 Å². The summed E-state index contributed by atoms with van der Waals surface area (Å²) in [6, 6.07) is 9.38. The van der Waals surface area contributed by atoms with Crippen LogP contribution in [-0.2, 0) is 28.7 Å². The number of carbonyl (C=O) groups excluding carboxylic acids is 1. The number of hydrogen-bond donors (Lipinski definition) is 1. The number of alkyl halides is 3. The molecule has 2 rings (SSSR count). The predicted molar refractivity (Wildman–Crippen MR) is 94.7 cm³/mol. The van der Waals surface area contributed by atoms with Gasteiger partial charge in [-0.15, -0.1) is 0 Å². The van der Waals surface area contributed by atoms with Crippen molar-refractivity contribution in [1.82, 2.24) is 5.32 Å². The summed E-state index contributed by atoms with van der Waals surface area (Å²) in [5.41, 5.74) is 2.60. The Morgan fingerprint density at radius 1 is 1.15 bits per heavy atom. The number of carbonyl (C=O) groups is 1. The number of halogens is 3. The number of nitrogens with one attached hydrogen (secondary N) is 1. The van der Waals surface area contributed by atoms with Crippen molar-refractivity contribution < 1.29 is 22.7 Å². The lowest BCUT2D eigenvalue weighted by Gasteiger charge is -2.15. The minimum atomic E-state index is -4.49. The van der Waals surface area contributed by atoms with Crippen LogP contribution in [0.15, 0.2) is 36.4 Å². The fraction of sp³-hybridized carbons (Fsp3) is 0.350. The SMILES string of the molecule is CCNCc1cc(C)ccc1-c1cc(CC(=O)OC)cc(C(F)(F)F)c1. The Labute approximate surface area is 151 Å². The van der Waals surface area contributed by atoms with Gasteiger partial charge in [0.25, 0.3) is 0 Å². The summed E-state index contributed by atoms with van der Waals surface area (Å²) in [6.45, 7) is 5.21. The zero-order valence-electron chi connectivity index (χ0n) is 15.0. The summed E-state index contributed by atoms with van der Waals surface area (Å²) in [6.07, 6.45) is -4.70. The Bertz CT molecular complexity index is 785. The summed E-state index contributed by atoms with van der Waals surface area (Å²) in [7, 11) is 1.21. The molecule has 0 radical (unpaired) electrons. The highest BCUT2D eigenvalue weighted by atomic mass is 19.4. The lowest BCUT2D eigenvalue weighted by molar-refractivity contribution is -0.140. The van der Waals surface area contributed by atoms with Gasteiger partial charge in [-0.1, -0.05) is 36.8 Å². The first-order valence-corrected chi connectivity index (χ1v) is 8.33. The van der Waals surface area contributed by atoms with Crippen molar-refractivity contribution in [2.45, 2.75) is 33.0 Å². The van der Waals surface area contributed by atoms with E-state index in [0.717, 1.165) is 29.8 Å². The molecule has 0 saturated carbocycles. The number of benzene rings is 2. The Balaban J connectivity index is 2.57. The molecule has 2 aromatic rings. The zero-order chi connectivity index (χ0) is 19.3. The Hall–Kier alpha value is -2.34. The largest absolute Gasteiger partial charge is 0.469 e. The fourth-order valence-electron chi connectivity index (χ4n) is 2.76. The first-order valence-electron chi connectivity index (χ1n) is 8.33. The van der Waals surface area contributed by atoms with Crippen LogP contribution in [0, 0.1) is 6.92 Å². The molecule has 0 aromatic heterocycles. The molecule has 2 aromatic carbocycles. The molecule has 140 valence electrons. The second-order valence-corrected chi connectivity index (χ2v) is 6.11. The minimum Gasteiger partial charge on any atom is -0.469 e. The van der Waals surface area contributed by atoms with E-state index in [4.69, 9.17) is 0 Å². The van der Waals surface area contributed by atoms with Gasteiger partial charge in [-0.05, 0) is 47.9 Å². The molecule has 0 saturated heterocycles. The summed E-state index contributed by atoms with van der Waals surface area (Å²) in [5.74, 6) is -0.577. The first kappa shape index (κ1) is 20.0. The summed E-state index contributed by atoms with van der Waals surface area (Å²) in [5, 5.41) is 3.21. The van der Waals surface area contributed by atoms with Crippen molar-refractivity contribution in [3.8, 4) is 11.1 Å². The van der Waals surface area contributed by atoms with Crippen LogP contribution in [0.1, 0.15) is 29.2 Å². The third-order valence-corrected chi connectivity index (χ3v) is 4.03. The van der Waals surface area contributed by atoms with Gasteiger partial charge in [-0.3, -0.25) is 4.79 Å². The highest BCUT2D eigenvalue weighted by Gasteiger charge is 2.31. The average Bonchev–Trinajstić information content (AvgIpc) is 2.58. The Morgan fingerprint density at radius 2 is 1.88 bits per heavy atom. The number of esters is 1. The average molecular weight is 365 g/mol. The lowest BCUT2D eigenvalue weighted by atomic mass is 9.93. The van der Waals surface area contributed by atoms with Gasteiger partial charge in [-0.25, -0.2) is 0 Å². The number of rotatable bonds is 6. The number of hydrogen-bond acceptors (Lipinski definition) is 3. The van der Waals surface area contributed by atoms with E-state index in [1.807, 2.05) is 32.0 Å². The molecule has 26 heavy (non-hydrogen) atoms. The van der Waals surface area contributed by atoms with Crippen molar-refractivity contribution in [2.75, 3.05) is 13.7 Å². The zero-order valence-corrected chi connectivity index (χ0v) is 15.0. The van der Waals surface area contributed by atoms with E-state index >= 15 is 0 Å². The predicted octanol–water partition coefficient (Wildman–Crippen LogP) is 4.51. The van der Waals surface area contributed by atoms with E-state index in [1.165, 1.54) is 7.11 Å². The van der Waals surface area contributed by atoms with Gasteiger partial charge in [0.2, 0.25) is 0 Å². The molecule has 0 aliphatic rings. The molecule has 0 amide bonds. The maximum Gasteiger partial charge on any atom is 0.416 e. The van der Waals surface area contributed by atoms with Crippen LogP contribution in [-0.4, -0.2) is 19.6 Å².